The number of rotatable bonds is 5. The highest BCUT2D eigenvalue weighted by molar-refractivity contribution is 5.94. The topological polar surface area (TPSA) is 54.4 Å². The average molecular weight is 387 g/mol. The Balaban J connectivity index is 1.87. The van der Waals surface area contributed by atoms with Crippen LogP contribution < -0.4 is 0 Å². The molecule has 0 aromatic rings. The average Bonchev–Trinajstić information content (AvgIpc) is 3.01. The molecule has 0 aliphatic heterocycles. The number of carbonyl (C=O) groups is 2. The van der Waals surface area contributed by atoms with Crippen LogP contribution in [-0.2, 0) is 9.59 Å². The van der Waals surface area contributed by atoms with Gasteiger partial charge in [-0.3, -0.25) is 9.59 Å². The maximum atomic E-state index is 12.6. The molecule has 28 heavy (non-hydrogen) atoms. The molecule has 0 spiro atoms. The second-order valence-corrected chi connectivity index (χ2v) is 10.6. The van der Waals surface area contributed by atoms with Crippen molar-refractivity contribution in [3.8, 4) is 0 Å². The van der Waals surface area contributed by atoms with E-state index in [1.807, 2.05) is 6.08 Å². The normalized spacial score (nSPS) is 43.2. The van der Waals surface area contributed by atoms with Gasteiger partial charge in [-0.1, -0.05) is 31.6 Å². The molecular formula is C25H38O3. The van der Waals surface area contributed by atoms with Gasteiger partial charge in [0.05, 0.1) is 11.5 Å². The molecule has 3 aliphatic carbocycles. The Morgan fingerprint density at radius 3 is 2.68 bits per heavy atom. The molecule has 7 atom stereocenters. The first-order valence-electron chi connectivity index (χ1n) is 11.1. The van der Waals surface area contributed by atoms with E-state index < -0.39 is 11.5 Å². The minimum atomic E-state index is -0.998. The van der Waals surface area contributed by atoms with Crippen LogP contribution in [0, 0.1) is 35.0 Å². The number of allylic oxidation sites excluding steroid dienone is 4. The van der Waals surface area contributed by atoms with Crippen LogP contribution in [0.2, 0.25) is 0 Å². The third kappa shape index (κ3) is 3.92. The molecule has 1 N–H and O–H groups in total. The van der Waals surface area contributed by atoms with E-state index in [4.69, 9.17) is 0 Å². The zero-order chi connectivity index (χ0) is 20.7. The number of ketones is 1. The molecule has 0 bridgehead atoms. The highest BCUT2D eigenvalue weighted by atomic mass is 16.3. The van der Waals surface area contributed by atoms with E-state index in [2.05, 4.69) is 33.8 Å². The molecule has 0 radical (unpaired) electrons. The summed E-state index contributed by atoms with van der Waals surface area (Å²) in [5, 5.41) is 11.0. The van der Waals surface area contributed by atoms with E-state index >= 15 is 0 Å². The second kappa shape index (κ2) is 7.89. The number of aliphatic hydroxyl groups is 1. The first kappa shape index (κ1) is 21.5. The predicted octanol–water partition coefficient (Wildman–Crippen LogP) is 5.28. The van der Waals surface area contributed by atoms with Crippen molar-refractivity contribution in [1.29, 1.82) is 0 Å². The van der Waals surface area contributed by atoms with Crippen molar-refractivity contribution in [2.45, 2.75) is 85.2 Å². The summed E-state index contributed by atoms with van der Waals surface area (Å²) < 4.78 is 0. The summed E-state index contributed by atoms with van der Waals surface area (Å²) in [4.78, 5) is 24.4. The van der Waals surface area contributed by atoms with Crippen LogP contribution in [0.3, 0.4) is 0 Å². The van der Waals surface area contributed by atoms with Crippen LogP contribution >= 0.6 is 0 Å². The van der Waals surface area contributed by atoms with E-state index in [0.717, 1.165) is 32.0 Å². The fraction of sp³-hybridized carbons (Fsp3) is 0.760. The summed E-state index contributed by atoms with van der Waals surface area (Å²) in [5.74, 6) is 1.33. The van der Waals surface area contributed by atoms with Crippen LogP contribution in [-0.4, -0.2) is 22.8 Å². The number of hydrogen-bond acceptors (Lipinski definition) is 3. The van der Waals surface area contributed by atoms with E-state index in [1.165, 1.54) is 18.4 Å². The molecule has 2 fully saturated rings. The first-order valence-corrected chi connectivity index (χ1v) is 11.1. The summed E-state index contributed by atoms with van der Waals surface area (Å²) in [6.07, 6.45) is 11.9. The lowest BCUT2D eigenvalue weighted by atomic mass is 9.62. The van der Waals surface area contributed by atoms with Crippen LogP contribution in [0.1, 0.15) is 79.6 Å². The number of Topliss-reactive ketones (excluding diaryl/α,β-unsaturated/α-hetero) is 1. The summed E-state index contributed by atoms with van der Waals surface area (Å²) >= 11 is 0. The van der Waals surface area contributed by atoms with Crippen molar-refractivity contribution >= 4 is 12.1 Å². The zero-order valence-electron chi connectivity index (χ0n) is 18.3. The molecule has 0 aromatic carbocycles. The Morgan fingerprint density at radius 1 is 1.32 bits per heavy atom. The lowest BCUT2D eigenvalue weighted by Gasteiger charge is -2.42. The van der Waals surface area contributed by atoms with Gasteiger partial charge in [0.1, 0.15) is 12.1 Å². The van der Waals surface area contributed by atoms with Crippen LogP contribution in [0.25, 0.3) is 0 Å². The highest BCUT2D eigenvalue weighted by Gasteiger charge is 2.56. The molecular weight excluding hydrogens is 348 g/mol. The Bertz CT molecular complexity index is 682. The van der Waals surface area contributed by atoms with Crippen LogP contribution in [0.4, 0.5) is 0 Å². The van der Waals surface area contributed by atoms with Gasteiger partial charge in [0.15, 0.2) is 0 Å². The highest BCUT2D eigenvalue weighted by Crippen LogP contribution is 2.59. The number of hydrogen-bond donors (Lipinski definition) is 1. The third-order valence-electron chi connectivity index (χ3n) is 8.24. The predicted molar refractivity (Wildman–Crippen MR) is 113 cm³/mol. The molecule has 3 nitrogen and oxygen atoms in total. The fourth-order valence-corrected chi connectivity index (χ4v) is 6.59. The van der Waals surface area contributed by atoms with Crippen molar-refractivity contribution in [2.75, 3.05) is 0 Å². The van der Waals surface area contributed by atoms with E-state index in [0.29, 0.717) is 23.3 Å². The minimum absolute atomic E-state index is 0.0417. The Kier molecular flexibility index (Phi) is 6.06. The minimum Gasteiger partial charge on any atom is -0.389 e. The van der Waals surface area contributed by atoms with Crippen molar-refractivity contribution in [3.63, 3.8) is 0 Å². The smallest absolute Gasteiger partial charge is 0.146 e. The molecule has 0 aromatic heterocycles. The Labute approximate surface area is 170 Å². The van der Waals surface area contributed by atoms with Gasteiger partial charge < -0.3 is 5.11 Å². The second-order valence-electron chi connectivity index (χ2n) is 10.6. The van der Waals surface area contributed by atoms with Crippen molar-refractivity contribution in [2.24, 2.45) is 35.0 Å². The molecule has 3 heteroatoms. The standard InChI is InChI=1S/C25H38O3/c1-16(2)7-6-8-17(3)19-11-12-24(4)13-21-23(22(27)14-25(21,5)28)18(15-26)9-10-20(19)24/h7,9,15,17,19-21,23,28H,6,8,10-14H2,1-5H3/b18-9-/t17-,19+,20-,21-,23+,24+,25+/m1/s1. The molecule has 3 rings (SSSR count). The molecule has 2 saturated carbocycles. The van der Waals surface area contributed by atoms with Gasteiger partial charge in [-0.15, -0.1) is 0 Å². The number of fused-ring (bicyclic) bond motifs is 2. The maximum absolute atomic E-state index is 12.6. The van der Waals surface area contributed by atoms with Gasteiger partial charge in [-0.25, -0.2) is 0 Å². The molecule has 0 unspecified atom stereocenters. The van der Waals surface area contributed by atoms with E-state index in [9.17, 15) is 14.7 Å². The zero-order valence-corrected chi connectivity index (χ0v) is 18.3. The number of aldehydes is 1. The van der Waals surface area contributed by atoms with Crippen molar-refractivity contribution < 1.29 is 14.7 Å². The van der Waals surface area contributed by atoms with Gasteiger partial charge in [0.25, 0.3) is 0 Å². The monoisotopic (exact) mass is 386 g/mol. The maximum Gasteiger partial charge on any atom is 0.146 e. The van der Waals surface area contributed by atoms with Gasteiger partial charge in [-0.05, 0) is 88.0 Å². The molecule has 156 valence electrons. The SMILES string of the molecule is CC(C)=CCC[C@@H](C)[C@@H]1CC[C@@]2(C)C[C@@H]3[C@@H](C(=O)C[C@]3(C)O)/C(C=O)=C\C[C@H]12. The molecule has 0 saturated heterocycles. The lowest BCUT2D eigenvalue weighted by molar-refractivity contribution is -0.121. The summed E-state index contributed by atoms with van der Waals surface area (Å²) in [6, 6.07) is 0. The van der Waals surface area contributed by atoms with Crippen LogP contribution in [0.15, 0.2) is 23.3 Å². The lowest BCUT2D eigenvalue weighted by Crippen LogP contribution is -2.40. The van der Waals surface area contributed by atoms with Gasteiger partial charge in [0, 0.05) is 12.3 Å². The van der Waals surface area contributed by atoms with E-state index in [1.54, 1.807) is 6.92 Å². The summed E-state index contributed by atoms with van der Waals surface area (Å²) in [5.41, 5.74) is 1.14. The Morgan fingerprint density at radius 2 is 2.04 bits per heavy atom. The first-order chi connectivity index (χ1) is 13.1. The van der Waals surface area contributed by atoms with Crippen molar-refractivity contribution in [1.82, 2.24) is 0 Å². The molecule has 0 heterocycles. The third-order valence-corrected chi connectivity index (χ3v) is 8.24. The number of carbonyl (C=O) groups excluding carboxylic acids is 2. The van der Waals surface area contributed by atoms with Gasteiger partial charge in [0.2, 0.25) is 0 Å². The fourth-order valence-electron chi connectivity index (χ4n) is 6.59. The largest absolute Gasteiger partial charge is 0.389 e. The van der Waals surface area contributed by atoms with E-state index in [-0.39, 0.29) is 23.5 Å². The summed E-state index contributed by atoms with van der Waals surface area (Å²) in [7, 11) is 0. The Hall–Kier alpha value is -1.22. The quantitative estimate of drug-likeness (QED) is 0.517. The van der Waals surface area contributed by atoms with Crippen molar-refractivity contribution in [3.05, 3.63) is 23.3 Å². The summed E-state index contributed by atoms with van der Waals surface area (Å²) in [6.45, 7) is 10.9. The van der Waals surface area contributed by atoms with Gasteiger partial charge in [-0.2, -0.15) is 0 Å². The molecule has 3 aliphatic rings. The van der Waals surface area contributed by atoms with Gasteiger partial charge >= 0.3 is 0 Å². The van der Waals surface area contributed by atoms with Crippen LogP contribution in [0.5, 0.6) is 0 Å². The molecule has 0 amide bonds.